The van der Waals surface area contributed by atoms with Crippen LogP contribution in [0.1, 0.15) is 18.4 Å². The van der Waals surface area contributed by atoms with E-state index in [-0.39, 0.29) is 11.6 Å². The molecular weight excluding hydrogens is 631 g/mol. The summed E-state index contributed by atoms with van der Waals surface area (Å²) >= 11 is 0. The monoisotopic (exact) mass is 660 g/mol. The lowest BCUT2D eigenvalue weighted by molar-refractivity contribution is -0.137. The Kier molecular flexibility index (Phi) is 9.96. The number of amides is 2. The van der Waals surface area contributed by atoms with E-state index in [0.717, 1.165) is 38.5 Å². The number of rotatable bonds is 10. The maximum absolute atomic E-state index is 15.2. The number of thiol groups is 1. The summed E-state index contributed by atoms with van der Waals surface area (Å²) in [6, 6.07) is 10.8. The number of carbonyl (C=O) groups excluding carboxylic acids is 1. The smallest absolute Gasteiger partial charge is 0.368 e. The lowest BCUT2D eigenvalue weighted by Gasteiger charge is -2.17. The molecule has 1 aromatic heterocycles. The summed E-state index contributed by atoms with van der Waals surface area (Å²) in [5, 5.41) is 10.5. The van der Waals surface area contributed by atoms with Gasteiger partial charge in [-0.3, -0.25) is 4.78 Å². The second-order valence-electron chi connectivity index (χ2n) is 10.4. The Morgan fingerprint density at radius 1 is 0.957 bits per heavy atom. The molecule has 1 aliphatic heterocycles. The second-order valence-corrected chi connectivity index (χ2v) is 11.5. The van der Waals surface area contributed by atoms with Crippen LogP contribution in [-0.4, -0.2) is 51.3 Å². The van der Waals surface area contributed by atoms with Crippen molar-refractivity contribution in [3.05, 3.63) is 84.1 Å². The normalized spacial score (nSPS) is 14.1. The number of benzene rings is 3. The zero-order valence-corrected chi connectivity index (χ0v) is 25.0. The van der Waals surface area contributed by atoms with E-state index in [1.54, 1.807) is 24.3 Å². The van der Waals surface area contributed by atoms with Gasteiger partial charge >= 0.3 is 12.2 Å². The number of halogens is 5. The molecule has 0 spiro atoms. The van der Waals surface area contributed by atoms with Crippen molar-refractivity contribution in [2.24, 2.45) is 0 Å². The molecule has 1 fully saturated rings. The molecule has 242 valence electrons. The van der Waals surface area contributed by atoms with Crippen LogP contribution in [-0.2, 0) is 16.8 Å². The summed E-state index contributed by atoms with van der Waals surface area (Å²) < 4.78 is 87.4. The summed E-state index contributed by atoms with van der Waals surface area (Å²) in [6.45, 7) is 3.27. The predicted octanol–water partition coefficient (Wildman–Crippen LogP) is 6.94. The standard InChI is InChI=1S/C30H29F5N8O2S/c31-23-8-7-19(30(33,34)35)15-26(23)41-29(44)40-25-9-6-18(14-24(25)32)22-17-38-28(39-20-4-3-5-21(16-20)46(36)45)42-27(22)37-10-13-43-11-1-2-12-43/h3-9,14-17,36,46H,1-2,10-13H2,(H2,40,41,44)(H2,37,38,39,42). The van der Waals surface area contributed by atoms with Gasteiger partial charge in [0.2, 0.25) is 5.95 Å². The third-order valence-corrected chi connectivity index (χ3v) is 7.86. The Bertz CT molecular complexity index is 1800. The number of nitrogens with zero attached hydrogens (tertiary/aromatic N) is 3. The van der Waals surface area contributed by atoms with E-state index in [1.165, 1.54) is 18.3 Å². The third-order valence-electron chi connectivity index (χ3n) is 7.11. The van der Waals surface area contributed by atoms with Gasteiger partial charge in [-0.2, -0.15) is 18.2 Å². The topological polar surface area (TPSA) is 135 Å². The number of hydrogen-bond acceptors (Lipinski definition) is 8. The molecule has 0 radical (unpaired) electrons. The molecule has 0 bridgehead atoms. The SMILES string of the molecule is N=[SH](=O)c1cccc(Nc2ncc(-c3ccc(NC(=O)Nc4cc(C(F)(F)F)ccc4F)c(F)c3)c(NCCN3CCCC3)n2)c1. The van der Waals surface area contributed by atoms with E-state index in [9.17, 15) is 26.6 Å². The maximum Gasteiger partial charge on any atom is 0.416 e. The highest BCUT2D eigenvalue weighted by molar-refractivity contribution is 7.73. The van der Waals surface area contributed by atoms with Crippen LogP contribution in [0.15, 0.2) is 71.8 Å². The van der Waals surface area contributed by atoms with Crippen molar-refractivity contribution < 1.29 is 31.0 Å². The van der Waals surface area contributed by atoms with Crippen LogP contribution < -0.4 is 21.3 Å². The Balaban J connectivity index is 1.35. The van der Waals surface area contributed by atoms with Crippen molar-refractivity contribution in [3.8, 4) is 11.1 Å². The van der Waals surface area contributed by atoms with Crippen LogP contribution in [0.2, 0.25) is 0 Å². The largest absolute Gasteiger partial charge is 0.416 e. The highest BCUT2D eigenvalue weighted by Crippen LogP contribution is 2.33. The number of carbonyl (C=O) groups is 1. The van der Waals surface area contributed by atoms with Gasteiger partial charge in [0.1, 0.15) is 17.5 Å². The molecule has 10 nitrogen and oxygen atoms in total. The lowest BCUT2D eigenvalue weighted by atomic mass is 10.1. The van der Waals surface area contributed by atoms with Crippen LogP contribution in [0.5, 0.6) is 0 Å². The van der Waals surface area contributed by atoms with E-state index < -0.39 is 45.7 Å². The molecule has 1 atom stereocenters. The summed E-state index contributed by atoms with van der Waals surface area (Å²) in [6.07, 6.45) is -1.02. The Hall–Kier alpha value is -4.83. The number of nitrogens with one attached hydrogen (secondary N) is 5. The van der Waals surface area contributed by atoms with Gasteiger partial charge in [-0.1, -0.05) is 12.1 Å². The molecule has 1 saturated heterocycles. The summed E-state index contributed by atoms with van der Waals surface area (Å²) in [5.74, 6) is -1.38. The van der Waals surface area contributed by atoms with Crippen LogP contribution in [0.3, 0.4) is 0 Å². The Morgan fingerprint density at radius 3 is 2.43 bits per heavy atom. The van der Waals surface area contributed by atoms with Crippen LogP contribution >= 0.6 is 0 Å². The first-order valence-electron chi connectivity index (χ1n) is 14.1. The molecule has 16 heteroatoms. The minimum Gasteiger partial charge on any atom is -0.368 e. The van der Waals surface area contributed by atoms with Crippen molar-refractivity contribution in [2.45, 2.75) is 23.9 Å². The van der Waals surface area contributed by atoms with Gasteiger partial charge in [0.15, 0.2) is 0 Å². The average Bonchev–Trinajstić information content (AvgIpc) is 3.53. The summed E-state index contributed by atoms with van der Waals surface area (Å²) in [5.41, 5.74) is -0.865. The fraction of sp³-hybridized carbons (Fsp3) is 0.233. The number of aromatic nitrogens is 2. The molecule has 2 amide bonds. The molecule has 0 aliphatic carbocycles. The first-order valence-corrected chi connectivity index (χ1v) is 15.4. The van der Waals surface area contributed by atoms with Gasteiger partial charge in [0, 0.05) is 35.4 Å². The van der Waals surface area contributed by atoms with Gasteiger partial charge in [-0.15, -0.1) is 0 Å². The van der Waals surface area contributed by atoms with Gasteiger partial charge in [0.05, 0.1) is 27.5 Å². The van der Waals surface area contributed by atoms with E-state index in [1.807, 2.05) is 5.32 Å². The van der Waals surface area contributed by atoms with Crippen LogP contribution in [0.4, 0.5) is 55.6 Å². The number of anilines is 5. The van der Waals surface area contributed by atoms with Gasteiger partial charge in [-0.25, -0.2) is 22.8 Å². The number of hydrogen-bond donors (Lipinski definition) is 6. The minimum atomic E-state index is -4.75. The van der Waals surface area contributed by atoms with Crippen molar-refractivity contribution in [1.29, 1.82) is 4.78 Å². The first kappa shape index (κ1) is 32.6. The highest BCUT2D eigenvalue weighted by atomic mass is 32.2. The van der Waals surface area contributed by atoms with Crippen molar-refractivity contribution >= 4 is 45.5 Å². The van der Waals surface area contributed by atoms with Crippen molar-refractivity contribution in [2.75, 3.05) is 47.4 Å². The number of likely N-dealkylation sites (tertiary alicyclic amines) is 1. The molecular formula is C30H29F5N8O2S. The van der Waals surface area contributed by atoms with Gasteiger partial charge in [-0.05, 0) is 80.0 Å². The van der Waals surface area contributed by atoms with Crippen molar-refractivity contribution in [1.82, 2.24) is 14.9 Å². The fourth-order valence-electron chi connectivity index (χ4n) is 4.82. The molecule has 4 aromatic rings. The van der Waals surface area contributed by atoms with Crippen LogP contribution in [0, 0.1) is 16.4 Å². The van der Waals surface area contributed by atoms with E-state index in [0.29, 0.717) is 52.3 Å². The Labute approximate surface area is 262 Å². The molecule has 5 rings (SSSR count). The molecule has 3 aromatic carbocycles. The third kappa shape index (κ3) is 8.25. The van der Waals surface area contributed by atoms with Gasteiger partial charge in [0.25, 0.3) is 0 Å². The van der Waals surface area contributed by atoms with E-state index in [4.69, 9.17) is 4.78 Å². The number of urea groups is 1. The lowest BCUT2D eigenvalue weighted by Crippen LogP contribution is -2.26. The second kappa shape index (κ2) is 14.1. The van der Waals surface area contributed by atoms with Crippen molar-refractivity contribution in [3.63, 3.8) is 0 Å². The zero-order chi connectivity index (χ0) is 32.8. The summed E-state index contributed by atoms with van der Waals surface area (Å²) in [4.78, 5) is 24.0. The molecule has 0 saturated carbocycles. The molecule has 1 aliphatic rings. The molecule has 5 N–H and O–H groups in total. The van der Waals surface area contributed by atoms with Crippen LogP contribution in [0.25, 0.3) is 11.1 Å². The predicted molar refractivity (Wildman–Crippen MR) is 166 cm³/mol. The van der Waals surface area contributed by atoms with E-state index in [2.05, 4.69) is 30.8 Å². The van der Waals surface area contributed by atoms with Gasteiger partial charge < -0.3 is 26.2 Å². The average molecular weight is 661 g/mol. The molecule has 46 heavy (non-hydrogen) atoms. The first-order chi connectivity index (χ1) is 22.0. The molecule has 1 unspecified atom stereocenters. The minimum absolute atomic E-state index is 0.196. The maximum atomic E-state index is 15.2. The van der Waals surface area contributed by atoms with E-state index >= 15 is 4.39 Å². The summed E-state index contributed by atoms with van der Waals surface area (Å²) in [7, 11) is -2.29. The highest BCUT2D eigenvalue weighted by Gasteiger charge is 2.31. The molecule has 2 heterocycles. The number of alkyl halides is 3. The quantitative estimate of drug-likeness (QED) is 0.0802. The zero-order valence-electron chi connectivity index (χ0n) is 24.1. The Morgan fingerprint density at radius 2 is 1.72 bits per heavy atom. The fourth-order valence-corrected chi connectivity index (χ4v) is 5.30.